The highest BCUT2D eigenvalue weighted by atomic mass is 19.2. The SMILES string of the molecule is COc1ccc2ncc(CN3CCOCC3)c([C@@H](O)CCC3(C(=O)O)CCN(CCCc4cc(F)cc(F)c4F)CC3)c2c1. The Kier molecular flexibility index (Phi) is 10.4. The molecule has 2 saturated heterocycles. The molecule has 11 heteroatoms. The maximum atomic E-state index is 14.0. The van der Waals surface area contributed by atoms with E-state index in [1.807, 2.05) is 18.2 Å². The molecule has 2 aromatic carbocycles. The van der Waals surface area contributed by atoms with Crippen LogP contribution >= 0.6 is 0 Å². The van der Waals surface area contributed by atoms with Gasteiger partial charge in [-0.1, -0.05) is 0 Å². The number of likely N-dealkylation sites (tertiary alicyclic amines) is 1. The van der Waals surface area contributed by atoms with Crippen molar-refractivity contribution in [2.45, 2.75) is 51.2 Å². The third kappa shape index (κ3) is 7.34. The number of ether oxygens (including phenoxy) is 2. The molecule has 0 unspecified atom stereocenters. The number of rotatable bonds is 12. The molecular weight excluding hydrogens is 575 g/mol. The van der Waals surface area contributed by atoms with Crippen molar-refractivity contribution in [3.05, 3.63) is 70.7 Å². The van der Waals surface area contributed by atoms with Gasteiger partial charge in [-0.25, -0.2) is 13.2 Å². The van der Waals surface area contributed by atoms with E-state index in [0.29, 0.717) is 76.9 Å². The molecule has 5 rings (SSSR count). The van der Waals surface area contributed by atoms with Crippen molar-refractivity contribution >= 4 is 16.9 Å². The molecule has 238 valence electrons. The minimum Gasteiger partial charge on any atom is -0.497 e. The molecule has 0 radical (unpaired) electrons. The van der Waals surface area contributed by atoms with Crippen molar-refractivity contribution in [3.63, 3.8) is 0 Å². The largest absolute Gasteiger partial charge is 0.497 e. The first kappa shape index (κ1) is 32.2. The average Bonchev–Trinajstić information content (AvgIpc) is 3.02. The van der Waals surface area contributed by atoms with E-state index in [1.54, 1.807) is 13.3 Å². The predicted octanol–water partition coefficient (Wildman–Crippen LogP) is 5.11. The quantitative estimate of drug-likeness (QED) is 0.272. The molecule has 3 aromatic rings. The van der Waals surface area contributed by atoms with E-state index in [-0.39, 0.29) is 18.4 Å². The molecule has 2 N–H and O–H groups in total. The molecule has 0 aliphatic carbocycles. The van der Waals surface area contributed by atoms with E-state index in [2.05, 4.69) is 14.8 Å². The van der Waals surface area contributed by atoms with Gasteiger partial charge in [0.1, 0.15) is 11.6 Å². The lowest BCUT2D eigenvalue weighted by Gasteiger charge is -2.39. The number of benzene rings is 2. The van der Waals surface area contributed by atoms with Crippen molar-refractivity contribution in [1.29, 1.82) is 0 Å². The normalized spacial score (nSPS) is 18.4. The summed E-state index contributed by atoms with van der Waals surface area (Å²) in [6, 6.07) is 7.11. The molecule has 44 heavy (non-hydrogen) atoms. The van der Waals surface area contributed by atoms with Crippen LogP contribution in [0.3, 0.4) is 0 Å². The van der Waals surface area contributed by atoms with Crippen LogP contribution in [0.15, 0.2) is 36.5 Å². The van der Waals surface area contributed by atoms with Crippen molar-refractivity contribution in [3.8, 4) is 5.75 Å². The highest BCUT2D eigenvalue weighted by Crippen LogP contribution is 2.40. The number of hydrogen-bond acceptors (Lipinski definition) is 7. The van der Waals surface area contributed by atoms with Gasteiger partial charge in [0.25, 0.3) is 0 Å². The maximum Gasteiger partial charge on any atom is 0.309 e. The van der Waals surface area contributed by atoms with Crippen LogP contribution < -0.4 is 4.74 Å². The summed E-state index contributed by atoms with van der Waals surface area (Å²) in [6.07, 6.45) is 2.96. The topological polar surface area (TPSA) is 95.4 Å². The first-order valence-electron chi connectivity index (χ1n) is 15.2. The number of piperidine rings is 1. The molecule has 2 fully saturated rings. The van der Waals surface area contributed by atoms with Crippen LogP contribution in [-0.4, -0.2) is 84.0 Å². The molecular formula is C33H40F3N3O5. The van der Waals surface area contributed by atoms with Crippen LogP contribution in [-0.2, 0) is 22.5 Å². The summed E-state index contributed by atoms with van der Waals surface area (Å²) >= 11 is 0. The third-order valence-corrected chi connectivity index (χ3v) is 9.18. The predicted molar refractivity (Wildman–Crippen MR) is 159 cm³/mol. The summed E-state index contributed by atoms with van der Waals surface area (Å²) in [5.74, 6) is -3.26. The van der Waals surface area contributed by atoms with Gasteiger partial charge in [0, 0.05) is 37.3 Å². The number of morpholine rings is 1. The second kappa shape index (κ2) is 14.2. The number of fused-ring (bicyclic) bond motifs is 1. The summed E-state index contributed by atoms with van der Waals surface area (Å²) in [5, 5.41) is 22.8. The Morgan fingerprint density at radius 2 is 1.82 bits per heavy atom. The van der Waals surface area contributed by atoms with Crippen molar-refractivity contribution in [2.24, 2.45) is 5.41 Å². The zero-order valence-electron chi connectivity index (χ0n) is 25.0. The van der Waals surface area contributed by atoms with Crippen molar-refractivity contribution < 1.29 is 37.7 Å². The number of aromatic nitrogens is 1. The number of carboxylic acids is 1. The Balaban J connectivity index is 1.25. The van der Waals surface area contributed by atoms with Gasteiger partial charge in [0.05, 0.1) is 37.4 Å². The Morgan fingerprint density at radius 3 is 2.52 bits per heavy atom. The average molecular weight is 616 g/mol. The number of aliphatic hydroxyl groups is 1. The molecule has 0 amide bonds. The van der Waals surface area contributed by atoms with Crippen molar-refractivity contribution in [2.75, 3.05) is 53.0 Å². The lowest BCUT2D eigenvalue weighted by Crippen LogP contribution is -2.45. The molecule has 0 bridgehead atoms. The van der Waals surface area contributed by atoms with E-state index in [1.165, 1.54) is 0 Å². The van der Waals surface area contributed by atoms with Gasteiger partial charge in [-0.3, -0.25) is 14.7 Å². The summed E-state index contributed by atoms with van der Waals surface area (Å²) in [7, 11) is 1.59. The van der Waals surface area contributed by atoms with Crippen LogP contribution in [0, 0.1) is 22.9 Å². The smallest absolute Gasteiger partial charge is 0.309 e. The highest BCUT2D eigenvalue weighted by Gasteiger charge is 2.41. The lowest BCUT2D eigenvalue weighted by molar-refractivity contribution is -0.153. The van der Waals surface area contributed by atoms with Crippen LogP contribution in [0.1, 0.15) is 54.9 Å². The summed E-state index contributed by atoms with van der Waals surface area (Å²) in [6.45, 7) is 5.06. The molecule has 3 heterocycles. The van der Waals surface area contributed by atoms with E-state index < -0.39 is 34.9 Å². The van der Waals surface area contributed by atoms with Crippen LogP contribution in [0.4, 0.5) is 13.2 Å². The number of halogens is 3. The number of aliphatic carboxylic acids is 1. The second-order valence-corrected chi connectivity index (χ2v) is 11.9. The molecule has 0 saturated carbocycles. The number of carboxylic acid groups (broad SMARTS) is 1. The van der Waals surface area contributed by atoms with Crippen LogP contribution in [0.5, 0.6) is 5.75 Å². The Labute approximate surface area is 255 Å². The molecule has 1 atom stereocenters. The Morgan fingerprint density at radius 1 is 1.07 bits per heavy atom. The number of nitrogens with zero attached hydrogens (tertiary/aromatic N) is 3. The fourth-order valence-electron chi connectivity index (χ4n) is 6.50. The summed E-state index contributed by atoms with van der Waals surface area (Å²) < 4.78 is 52.0. The number of methoxy groups -OCH3 is 1. The Hall–Kier alpha value is -3.25. The molecule has 2 aliphatic heterocycles. The maximum absolute atomic E-state index is 14.0. The fraction of sp³-hybridized carbons (Fsp3) is 0.515. The van der Waals surface area contributed by atoms with Gasteiger partial charge in [-0.2, -0.15) is 0 Å². The molecule has 2 aliphatic rings. The van der Waals surface area contributed by atoms with Gasteiger partial charge in [0.15, 0.2) is 11.6 Å². The van der Waals surface area contributed by atoms with E-state index in [4.69, 9.17) is 9.47 Å². The number of aliphatic hydroxyl groups excluding tert-OH is 1. The zero-order chi connectivity index (χ0) is 31.3. The molecule has 0 spiro atoms. The summed E-state index contributed by atoms with van der Waals surface area (Å²) in [5.41, 5.74) is 1.39. The number of carbonyl (C=O) groups is 1. The first-order valence-corrected chi connectivity index (χ1v) is 15.2. The number of pyridine rings is 1. The van der Waals surface area contributed by atoms with E-state index in [9.17, 15) is 28.2 Å². The van der Waals surface area contributed by atoms with Gasteiger partial charge < -0.3 is 24.6 Å². The van der Waals surface area contributed by atoms with E-state index >= 15 is 0 Å². The highest BCUT2D eigenvalue weighted by molar-refractivity contribution is 5.85. The van der Waals surface area contributed by atoms with Gasteiger partial charge >= 0.3 is 5.97 Å². The van der Waals surface area contributed by atoms with Crippen LogP contribution in [0.2, 0.25) is 0 Å². The molecule has 8 nitrogen and oxygen atoms in total. The lowest BCUT2D eigenvalue weighted by atomic mass is 9.73. The fourth-order valence-corrected chi connectivity index (χ4v) is 6.50. The van der Waals surface area contributed by atoms with Crippen LogP contribution in [0.25, 0.3) is 10.9 Å². The number of aryl methyl sites for hydroxylation is 1. The minimum atomic E-state index is -1.20. The summed E-state index contributed by atoms with van der Waals surface area (Å²) in [4.78, 5) is 21.6. The Bertz CT molecular complexity index is 1460. The first-order chi connectivity index (χ1) is 21.2. The molecule has 1 aromatic heterocycles. The number of hydrogen-bond donors (Lipinski definition) is 2. The zero-order valence-corrected chi connectivity index (χ0v) is 25.0. The van der Waals surface area contributed by atoms with Gasteiger partial charge in [0.2, 0.25) is 0 Å². The van der Waals surface area contributed by atoms with Gasteiger partial charge in [-0.05, 0) is 99.1 Å². The standard InChI is InChI=1S/C33H40F3N3O5/c1-43-25-4-5-28-26(19-25)30(23(20-37-28)21-39-13-15-44-16-14-39)29(40)6-7-33(32(41)42)8-11-38(12-9-33)10-2-3-22-17-24(34)18-27(35)31(22)36/h4-5,17-20,29,40H,2-3,6-16,21H2,1H3,(H,41,42)/t29-/m0/s1. The minimum absolute atomic E-state index is 0.00243. The van der Waals surface area contributed by atoms with Crippen molar-refractivity contribution in [1.82, 2.24) is 14.8 Å². The second-order valence-electron chi connectivity index (χ2n) is 11.9. The third-order valence-electron chi connectivity index (χ3n) is 9.18. The monoisotopic (exact) mass is 615 g/mol. The van der Waals surface area contributed by atoms with Gasteiger partial charge in [-0.15, -0.1) is 0 Å². The van der Waals surface area contributed by atoms with E-state index in [0.717, 1.165) is 41.2 Å².